The molecule has 0 amide bonds. The molecule has 1 aliphatic rings. The van der Waals surface area contributed by atoms with E-state index < -0.39 is 6.43 Å². The van der Waals surface area contributed by atoms with Gasteiger partial charge in [0.25, 0.3) is 6.43 Å². The zero-order chi connectivity index (χ0) is 18.1. The molecule has 0 aromatic carbocycles. The van der Waals surface area contributed by atoms with Crippen LogP contribution in [0.2, 0.25) is 0 Å². The summed E-state index contributed by atoms with van der Waals surface area (Å²) in [6.45, 7) is 0. The van der Waals surface area contributed by atoms with Gasteiger partial charge in [-0.05, 0) is 24.8 Å². The lowest BCUT2D eigenvalue weighted by molar-refractivity contribution is 0.144. The number of rotatable bonds is 5. The summed E-state index contributed by atoms with van der Waals surface area (Å²) in [5.41, 5.74) is 1.02. The minimum atomic E-state index is -2.72. The summed E-state index contributed by atoms with van der Waals surface area (Å²) in [4.78, 5) is 11.3. The molecule has 0 bridgehead atoms. The standard InChI is InChI=1S/C18H18F2N6/c19-17(20)16-13(15-12-6-8-22-18(12)24-10-23-15)9-26(25-16)14(5-7-21)11-3-1-2-4-11/h6,8-11,14,17H,1-5H2,(H,22,23,24). The smallest absolute Gasteiger partial charge is 0.282 e. The van der Waals surface area contributed by atoms with Crippen molar-refractivity contribution in [3.05, 3.63) is 30.5 Å². The molecule has 8 heteroatoms. The number of hydrogen-bond donors (Lipinski definition) is 1. The van der Waals surface area contributed by atoms with Crippen LogP contribution in [0.3, 0.4) is 0 Å². The van der Waals surface area contributed by atoms with Crippen molar-refractivity contribution < 1.29 is 8.78 Å². The molecule has 1 fully saturated rings. The number of halogens is 2. The zero-order valence-corrected chi connectivity index (χ0v) is 14.1. The van der Waals surface area contributed by atoms with Gasteiger partial charge in [0.05, 0.1) is 24.2 Å². The first-order valence-corrected chi connectivity index (χ1v) is 8.71. The van der Waals surface area contributed by atoms with Gasteiger partial charge in [0.15, 0.2) is 0 Å². The molecule has 1 saturated carbocycles. The molecular weight excluding hydrogens is 338 g/mol. The molecule has 3 heterocycles. The van der Waals surface area contributed by atoms with Gasteiger partial charge in [0, 0.05) is 23.3 Å². The molecule has 4 rings (SSSR count). The van der Waals surface area contributed by atoms with Crippen LogP contribution in [-0.2, 0) is 0 Å². The highest BCUT2D eigenvalue weighted by Crippen LogP contribution is 2.39. The Morgan fingerprint density at radius 3 is 2.85 bits per heavy atom. The van der Waals surface area contributed by atoms with Gasteiger partial charge in [-0.15, -0.1) is 0 Å². The van der Waals surface area contributed by atoms with Crippen LogP contribution in [0.15, 0.2) is 24.8 Å². The average molecular weight is 356 g/mol. The molecule has 134 valence electrons. The van der Waals surface area contributed by atoms with E-state index in [9.17, 15) is 14.0 Å². The quantitative estimate of drug-likeness (QED) is 0.734. The van der Waals surface area contributed by atoms with Crippen LogP contribution < -0.4 is 0 Å². The van der Waals surface area contributed by atoms with Gasteiger partial charge in [0.1, 0.15) is 17.7 Å². The van der Waals surface area contributed by atoms with E-state index in [1.54, 1.807) is 23.1 Å². The van der Waals surface area contributed by atoms with Crippen LogP contribution in [0.5, 0.6) is 0 Å². The van der Waals surface area contributed by atoms with Gasteiger partial charge in [-0.2, -0.15) is 10.4 Å². The second-order valence-electron chi connectivity index (χ2n) is 6.65. The molecular formula is C18H18F2N6. The second-order valence-corrected chi connectivity index (χ2v) is 6.65. The van der Waals surface area contributed by atoms with E-state index in [0.29, 0.717) is 28.2 Å². The van der Waals surface area contributed by atoms with Crippen molar-refractivity contribution in [2.45, 2.75) is 44.6 Å². The summed E-state index contributed by atoms with van der Waals surface area (Å²) >= 11 is 0. The second kappa shape index (κ2) is 6.83. The molecule has 1 N–H and O–H groups in total. The largest absolute Gasteiger partial charge is 0.346 e. The Labute approximate surface area is 148 Å². The zero-order valence-electron chi connectivity index (χ0n) is 14.1. The number of nitrogens with zero attached hydrogens (tertiary/aromatic N) is 5. The molecule has 0 aliphatic heterocycles. The topological polar surface area (TPSA) is 83.2 Å². The SMILES string of the molecule is N#CCC(C1CCCC1)n1cc(-c2ncnc3[nH]ccc23)c(C(F)F)n1. The van der Waals surface area contributed by atoms with Gasteiger partial charge >= 0.3 is 0 Å². The van der Waals surface area contributed by atoms with Crippen LogP contribution in [-0.4, -0.2) is 24.7 Å². The predicted molar refractivity (Wildman–Crippen MR) is 91.3 cm³/mol. The normalized spacial score (nSPS) is 16.4. The summed E-state index contributed by atoms with van der Waals surface area (Å²) in [7, 11) is 0. The Morgan fingerprint density at radius 2 is 2.12 bits per heavy atom. The Hall–Kier alpha value is -2.82. The van der Waals surface area contributed by atoms with Crippen LogP contribution in [0.25, 0.3) is 22.3 Å². The third-order valence-electron chi connectivity index (χ3n) is 5.16. The number of hydrogen-bond acceptors (Lipinski definition) is 4. The van der Waals surface area contributed by atoms with Gasteiger partial charge in [-0.1, -0.05) is 12.8 Å². The van der Waals surface area contributed by atoms with Crippen molar-refractivity contribution in [2.24, 2.45) is 5.92 Å². The maximum Gasteiger partial charge on any atom is 0.282 e. The molecule has 0 radical (unpaired) electrons. The van der Waals surface area contributed by atoms with Crippen LogP contribution >= 0.6 is 0 Å². The summed E-state index contributed by atoms with van der Waals surface area (Å²) in [6.07, 6.45) is 6.44. The fraction of sp³-hybridized carbons (Fsp3) is 0.444. The highest BCUT2D eigenvalue weighted by Gasteiger charge is 2.30. The number of fused-ring (bicyclic) bond motifs is 1. The fourth-order valence-electron chi connectivity index (χ4n) is 3.92. The molecule has 26 heavy (non-hydrogen) atoms. The Kier molecular flexibility index (Phi) is 4.37. The monoisotopic (exact) mass is 356 g/mol. The average Bonchev–Trinajstić information content (AvgIpc) is 3.39. The van der Waals surface area contributed by atoms with Crippen LogP contribution in [0.4, 0.5) is 8.78 Å². The minimum absolute atomic E-state index is 0.183. The van der Waals surface area contributed by atoms with Gasteiger partial charge in [-0.25, -0.2) is 18.7 Å². The van der Waals surface area contributed by atoms with E-state index in [2.05, 4.69) is 26.1 Å². The number of aromatic amines is 1. The van der Waals surface area contributed by atoms with E-state index >= 15 is 0 Å². The maximum atomic E-state index is 13.7. The summed E-state index contributed by atoms with van der Waals surface area (Å²) in [5, 5.41) is 14.1. The summed E-state index contributed by atoms with van der Waals surface area (Å²) in [5.74, 6) is 0.297. The lowest BCUT2D eigenvalue weighted by Crippen LogP contribution is -2.18. The molecule has 3 aromatic rings. The van der Waals surface area contributed by atoms with Crippen molar-refractivity contribution in [2.75, 3.05) is 0 Å². The first kappa shape index (κ1) is 16.6. The summed E-state index contributed by atoms with van der Waals surface area (Å²) in [6, 6.07) is 3.77. The number of aromatic nitrogens is 5. The number of nitrogens with one attached hydrogen (secondary N) is 1. The Balaban J connectivity index is 1.83. The van der Waals surface area contributed by atoms with Crippen molar-refractivity contribution in [1.29, 1.82) is 5.26 Å². The van der Waals surface area contributed by atoms with E-state index in [-0.39, 0.29) is 18.2 Å². The lowest BCUT2D eigenvalue weighted by atomic mass is 9.96. The highest BCUT2D eigenvalue weighted by atomic mass is 19.3. The molecule has 1 unspecified atom stereocenters. The van der Waals surface area contributed by atoms with Gasteiger partial charge in [0.2, 0.25) is 0 Å². The minimum Gasteiger partial charge on any atom is -0.346 e. The van der Waals surface area contributed by atoms with E-state index in [1.807, 2.05) is 0 Å². The lowest BCUT2D eigenvalue weighted by Gasteiger charge is -2.21. The number of H-pyrrole nitrogens is 1. The van der Waals surface area contributed by atoms with Crippen LogP contribution in [0, 0.1) is 17.2 Å². The van der Waals surface area contributed by atoms with E-state index in [0.717, 1.165) is 25.7 Å². The molecule has 3 aromatic heterocycles. The van der Waals surface area contributed by atoms with Crippen molar-refractivity contribution in [3.8, 4) is 17.3 Å². The summed E-state index contributed by atoms with van der Waals surface area (Å²) < 4.78 is 28.9. The maximum absolute atomic E-state index is 13.7. The number of alkyl halides is 2. The van der Waals surface area contributed by atoms with Gasteiger partial charge < -0.3 is 4.98 Å². The van der Waals surface area contributed by atoms with Crippen molar-refractivity contribution in [1.82, 2.24) is 24.7 Å². The molecule has 0 spiro atoms. The third-order valence-corrected chi connectivity index (χ3v) is 5.16. The van der Waals surface area contributed by atoms with E-state index in [4.69, 9.17) is 0 Å². The predicted octanol–water partition coefficient (Wildman–Crippen LogP) is 4.40. The fourth-order valence-corrected chi connectivity index (χ4v) is 3.92. The van der Waals surface area contributed by atoms with Crippen molar-refractivity contribution >= 4 is 11.0 Å². The molecule has 0 saturated heterocycles. The first-order chi connectivity index (χ1) is 12.7. The molecule has 6 nitrogen and oxygen atoms in total. The van der Waals surface area contributed by atoms with E-state index in [1.165, 1.54) is 6.33 Å². The number of nitriles is 1. The molecule has 1 atom stereocenters. The highest BCUT2D eigenvalue weighted by molar-refractivity contribution is 5.90. The Bertz CT molecular complexity index is 948. The van der Waals surface area contributed by atoms with Crippen LogP contribution in [0.1, 0.15) is 50.3 Å². The molecule has 1 aliphatic carbocycles. The third kappa shape index (κ3) is 2.83. The first-order valence-electron chi connectivity index (χ1n) is 8.71. The van der Waals surface area contributed by atoms with Crippen molar-refractivity contribution in [3.63, 3.8) is 0 Å². The van der Waals surface area contributed by atoms with Gasteiger partial charge in [-0.3, -0.25) is 4.68 Å². The Morgan fingerprint density at radius 1 is 1.31 bits per heavy atom.